The summed E-state index contributed by atoms with van der Waals surface area (Å²) >= 11 is 4.20. The Morgan fingerprint density at radius 1 is 1.55 bits per heavy atom. The number of hydrogen-bond acceptors (Lipinski definition) is 2. The molecule has 0 amide bonds. The van der Waals surface area contributed by atoms with Crippen molar-refractivity contribution in [3.8, 4) is 0 Å². The average Bonchev–Trinajstić information content (AvgIpc) is 1.90. The number of carbonyl (C=O) groups is 1. The lowest BCUT2D eigenvalue weighted by Crippen LogP contribution is -2.37. The fourth-order valence-corrected chi connectivity index (χ4v) is 1.80. The summed E-state index contributed by atoms with van der Waals surface area (Å²) in [5.74, 6) is -0.731. The fourth-order valence-electron chi connectivity index (χ4n) is 1.32. The van der Waals surface area contributed by atoms with E-state index in [0.29, 0.717) is 12.8 Å². The maximum Gasteiger partial charge on any atom is 0.310 e. The first kappa shape index (κ1) is 10.8. The molecule has 0 fully saturated rings. The summed E-state index contributed by atoms with van der Waals surface area (Å²) in [6, 6.07) is 0. The van der Waals surface area contributed by atoms with E-state index in [1.165, 1.54) is 0 Å². The lowest BCUT2D eigenvalue weighted by molar-refractivity contribution is -0.149. The Bertz CT molecular complexity index is 139. The summed E-state index contributed by atoms with van der Waals surface area (Å²) < 4.78 is 0. The minimum Gasteiger partial charge on any atom is -0.481 e. The molecule has 0 aromatic rings. The van der Waals surface area contributed by atoms with Crippen molar-refractivity contribution < 1.29 is 9.90 Å². The van der Waals surface area contributed by atoms with Crippen molar-refractivity contribution in [2.45, 2.75) is 38.9 Å². The van der Waals surface area contributed by atoms with E-state index in [2.05, 4.69) is 12.6 Å². The van der Waals surface area contributed by atoms with Crippen LogP contribution in [0, 0.1) is 5.41 Å². The van der Waals surface area contributed by atoms with Crippen molar-refractivity contribution in [3.05, 3.63) is 0 Å². The lowest BCUT2D eigenvalue weighted by Gasteiger charge is -2.29. The first-order chi connectivity index (χ1) is 5.01. The smallest absolute Gasteiger partial charge is 0.310 e. The highest BCUT2D eigenvalue weighted by Gasteiger charge is 2.38. The van der Waals surface area contributed by atoms with Gasteiger partial charge in [0.05, 0.1) is 5.41 Å². The Balaban J connectivity index is 4.61. The van der Waals surface area contributed by atoms with Gasteiger partial charge in [-0.05, 0) is 12.8 Å². The molecule has 2 nitrogen and oxygen atoms in total. The fraction of sp³-hybridized carbons (Fsp3) is 0.875. The number of aliphatic carboxylic acids is 1. The Labute approximate surface area is 73.4 Å². The van der Waals surface area contributed by atoms with Crippen LogP contribution in [0.4, 0.5) is 0 Å². The minimum absolute atomic E-state index is 0.0880. The maximum atomic E-state index is 10.9. The third kappa shape index (κ3) is 1.89. The second-order valence-corrected chi connectivity index (χ2v) is 3.62. The molecule has 0 aliphatic carbocycles. The zero-order valence-electron chi connectivity index (χ0n) is 7.29. The van der Waals surface area contributed by atoms with E-state index in [1.54, 1.807) is 0 Å². The molecule has 1 atom stereocenters. The molecular formula is C8H16O2S. The molecule has 0 saturated carbocycles. The number of hydrogen-bond donors (Lipinski definition) is 2. The molecule has 11 heavy (non-hydrogen) atoms. The van der Waals surface area contributed by atoms with Gasteiger partial charge in [0.2, 0.25) is 0 Å². The van der Waals surface area contributed by atoms with E-state index in [0.717, 1.165) is 0 Å². The highest BCUT2D eigenvalue weighted by atomic mass is 32.1. The summed E-state index contributed by atoms with van der Waals surface area (Å²) in [6.45, 7) is 5.62. The van der Waals surface area contributed by atoms with Crippen molar-refractivity contribution in [1.82, 2.24) is 0 Å². The minimum atomic E-state index is -0.731. The van der Waals surface area contributed by atoms with Gasteiger partial charge in [-0.1, -0.05) is 20.8 Å². The number of carboxylic acid groups (broad SMARTS) is 1. The van der Waals surface area contributed by atoms with Crippen LogP contribution < -0.4 is 0 Å². The average molecular weight is 176 g/mol. The van der Waals surface area contributed by atoms with Crippen LogP contribution in [0.25, 0.3) is 0 Å². The summed E-state index contributed by atoms with van der Waals surface area (Å²) in [5.41, 5.74) is -0.636. The maximum absolute atomic E-state index is 10.9. The normalized spacial score (nSPS) is 14.5. The van der Waals surface area contributed by atoms with Crippen molar-refractivity contribution in [2.24, 2.45) is 5.41 Å². The zero-order valence-corrected chi connectivity index (χ0v) is 8.19. The van der Waals surface area contributed by atoms with Gasteiger partial charge in [-0.3, -0.25) is 4.79 Å². The van der Waals surface area contributed by atoms with Crippen molar-refractivity contribution >= 4 is 18.6 Å². The van der Waals surface area contributed by atoms with Crippen LogP contribution in [0.2, 0.25) is 0 Å². The van der Waals surface area contributed by atoms with Gasteiger partial charge < -0.3 is 5.11 Å². The van der Waals surface area contributed by atoms with E-state index >= 15 is 0 Å². The second-order valence-electron chi connectivity index (χ2n) is 2.84. The molecule has 0 aliphatic rings. The summed E-state index contributed by atoms with van der Waals surface area (Å²) in [5, 5.41) is 8.86. The molecule has 0 radical (unpaired) electrons. The third-order valence-electron chi connectivity index (χ3n) is 2.49. The van der Waals surface area contributed by atoms with Gasteiger partial charge in [-0.25, -0.2) is 0 Å². The van der Waals surface area contributed by atoms with E-state index in [9.17, 15) is 4.79 Å². The van der Waals surface area contributed by atoms with Crippen molar-refractivity contribution in [1.29, 1.82) is 0 Å². The van der Waals surface area contributed by atoms with Crippen LogP contribution in [0.5, 0.6) is 0 Å². The molecule has 0 saturated heterocycles. The largest absolute Gasteiger partial charge is 0.481 e. The first-order valence-corrected chi connectivity index (χ1v) is 4.44. The summed E-state index contributed by atoms with van der Waals surface area (Å²) in [6.07, 6.45) is 1.28. The lowest BCUT2D eigenvalue weighted by atomic mass is 9.79. The molecule has 3 heteroatoms. The highest BCUT2D eigenvalue weighted by molar-refractivity contribution is 7.81. The SMILES string of the molecule is CCC(CC)(C(=O)O)C(C)S. The summed E-state index contributed by atoms with van der Waals surface area (Å²) in [4.78, 5) is 10.9. The monoisotopic (exact) mass is 176 g/mol. The molecule has 0 rings (SSSR count). The zero-order chi connectivity index (χ0) is 9.07. The Kier molecular flexibility index (Phi) is 3.93. The Hall–Kier alpha value is -0.180. The van der Waals surface area contributed by atoms with Crippen LogP contribution >= 0.6 is 12.6 Å². The molecule has 1 unspecified atom stereocenters. The molecule has 0 bridgehead atoms. The van der Waals surface area contributed by atoms with Gasteiger partial charge >= 0.3 is 5.97 Å². The van der Waals surface area contributed by atoms with Crippen molar-refractivity contribution in [2.75, 3.05) is 0 Å². The molecule has 1 N–H and O–H groups in total. The quantitative estimate of drug-likeness (QED) is 0.644. The van der Waals surface area contributed by atoms with Gasteiger partial charge in [0, 0.05) is 5.25 Å². The topological polar surface area (TPSA) is 37.3 Å². The Morgan fingerprint density at radius 3 is 1.91 bits per heavy atom. The predicted molar refractivity (Wildman–Crippen MR) is 49.1 cm³/mol. The van der Waals surface area contributed by atoms with Gasteiger partial charge in [0.1, 0.15) is 0 Å². The molecular weight excluding hydrogens is 160 g/mol. The Morgan fingerprint density at radius 2 is 1.91 bits per heavy atom. The number of rotatable bonds is 4. The van der Waals surface area contributed by atoms with Crippen molar-refractivity contribution in [3.63, 3.8) is 0 Å². The van der Waals surface area contributed by atoms with Gasteiger partial charge in [0.25, 0.3) is 0 Å². The van der Waals surface area contributed by atoms with E-state index in [-0.39, 0.29) is 5.25 Å². The molecule has 0 aromatic carbocycles. The van der Waals surface area contributed by atoms with Crippen LogP contribution in [0.3, 0.4) is 0 Å². The molecule has 0 aromatic heterocycles. The van der Waals surface area contributed by atoms with E-state index in [1.807, 2.05) is 20.8 Å². The first-order valence-electron chi connectivity index (χ1n) is 3.92. The highest BCUT2D eigenvalue weighted by Crippen LogP contribution is 2.33. The molecule has 0 aliphatic heterocycles. The van der Waals surface area contributed by atoms with E-state index in [4.69, 9.17) is 5.11 Å². The van der Waals surface area contributed by atoms with E-state index < -0.39 is 11.4 Å². The standard InChI is InChI=1S/C8H16O2S/c1-4-8(5-2,6(3)11)7(9)10/h6,11H,4-5H2,1-3H3,(H,9,10). The van der Waals surface area contributed by atoms with Crippen LogP contribution in [0.1, 0.15) is 33.6 Å². The van der Waals surface area contributed by atoms with Gasteiger partial charge in [0.15, 0.2) is 0 Å². The molecule has 0 spiro atoms. The van der Waals surface area contributed by atoms with Gasteiger partial charge in [-0.2, -0.15) is 12.6 Å². The second kappa shape index (κ2) is 4.00. The summed E-state index contributed by atoms with van der Waals surface area (Å²) in [7, 11) is 0. The van der Waals surface area contributed by atoms with Crippen LogP contribution in [-0.4, -0.2) is 16.3 Å². The molecule has 0 heterocycles. The third-order valence-corrected chi connectivity index (χ3v) is 2.98. The van der Waals surface area contributed by atoms with Gasteiger partial charge in [-0.15, -0.1) is 0 Å². The number of thiol groups is 1. The predicted octanol–water partition coefficient (Wildman–Crippen LogP) is 2.20. The van der Waals surface area contributed by atoms with Crippen LogP contribution in [-0.2, 0) is 4.79 Å². The molecule has 66 valence electrons. The van der Waals surface area contributed by atoms with Crippen LogP contribution in [0.15, 0.2) is 0 Å². The number of carboxylic acids is 1.